The first-order valence-corrected chi connectivity index (χ1v) is 11.9. The summed E-state index contributed by atoms with van der Waals surface area (Å²) in [4.78, 5) is 36.9. The second kappa shape index (κ2) is 6.80. The molecular formula is C20H12BrFN3O3Tl. The van der Waals surface area contributed by atoms with Crippen LogP contribution in [-0.2, 0) is 10.9 Å². The molecule has 6 nitrogen and oxygen atoms in total. The quantitative estimate of drug-likeness (QED) is 0.247. The molecule has 0 saturated heterocycles. The van der Waals surface area contributed by atoms with Gasteiger partial charge in [0.15, 0.2) is 0 Å². The number of imide groups is 1. The number of nitrogens with zero attached hydrogens (tertiary/aromatic N) is 3. The third-order valence-electron chi connectivity index (χ3n) is 5.53. The minimum atomic E-state index is -0.759. The van der Waals surface area contributed by atoms with Crippen LogP contribution in [0, 0.1) is 5.82 Å². The predicted octanol–water partition coefficient (Wildman–Crippen LogP) is 3.41. The topological polar surface area (TPSA) is 72.4 Å². The van der Waals surface area contributed by atoms with Crippen molar-refractivity contribution in [3.63, 3.8) is 0 Å². The number of halogens is 2. The fourth-order valence-electron chi connectivity index (χ4n) is 3.97. The van der Waals surface area contributed by atoms with Crippen molar-refractivity contribution < 1.29 is 16.7 Å². The predicted molar refractivity (Wildman–Crippen MR) is 106 cm³/mol. The van der Waals surface area contributed by atoms with E-state index in [1.165, 1.54) is 17.0 Å². The van der Waals surface area contributed by atoms with E-state index in [2.05, 4.69) is 25.9 Å². The van der Waals surface area contributed by atoms with E-state index in [1.807, 2.05) is 6.07 Å². The van der Waals surface area contributed by atoms with Gasteiger partial charge in [-0.15, -0.1) is 0 Å². The third kappa shape index (κ3) is 2.68. The van der Waals surface area contributed by atoms with Gasteiger partial charge in [0.2, 0.25) is 0 Å². The third-order valence-corrected chi connectivity index (χ3v) is 7.05. The molecule has 3 heterocycles. The van der Waals surface area contributed by atoms with Crippen LogP contribution in [0.25, 0.3) is 11.0 Å². The summed E-state index contributed by atoms with van der Waals surface area (Å²) in [6, 6.07) is 7.77. The Morgan fingerprint density at radius 3 is 2.48 bits per heavy atom. The Balaban J connectivity index is 1.71. The van der Waals surface area contributed by atoms with Crippen LogP contribution < -0.4 is 2.69 Å². The molecule has 1 aliphatic heterocycles. The number of benzene rings is 1. The maximum absolute atomic E-state index is 13.4. The number of alkyl halides is 1. The monoisotopic (exact) mass is 645 g/mol. The molecule has 2 aliphatic rings. The van der Waals surface area contributed by atoms with Crippen molar-refractivity contribution >= 4 is 65.0 Å². The molecule has 142 valence electrons. The van der Waals surface area contributed by atoms with E-state index >= 15 is 0 Å². The normalized spacial score (nSPS) is 16.9. The van der Waals surface area contributed by atoms with Crippen molar-refractivity contribution in [2.24, 2.45) is 0 Å². The van der Waals surface area contributed by atoms with Crippen molar-refractivity contribution in [3.8, 4) is 5.75 Å². The van der Waals surface area contributed by atoms with Crippen LogP contribution in [0.3, 0.4) is 0 Å². The zero-order valence-electron chi connectivity index (χ0n) is 15.0. The zero-order valence-corrected chi connectivity index (χ0v) is 21.1. The van der Waals surface area contributed by atoms with E-state index in [-0.39, 0.29) is 43.3 Å². The molecule has 1 aromatic carbocycles. The standard InChI is InChI=1S/C20H13BrFN3O3.Tl/c21-9-10-5-8-23-16-14(10)24-15-13(17(16)26)18(27)25(19(15)28)20(6-7-20)11-1-3-12(22)4-2-11;/h1-5,8H,6-7,9H2,(H,24,26);/q;+1/p-1. The summed E-state index contributed by atoms with van der Waals surface area (Å²) in [6.07, 6.45) is 2.90. The van der Waals surface area contributed by atoms with Crippen LogP contribution in [0.4, 0.5) is 4.39 Å². The summed E-state index contributed by atoms with van der Waals surface area (Å²) in [5.41, 5.74) is 2.16. The van der Waals surface area contributed by atoms with E-state index in [4.69, 9.17) is 2.69 Å². The van der Waals surface area contributed by atoms with Crippen molar-refractivity contribution in [2.45, 2.75) is 23.7 Å². The summed E-state index contributed by atoms with van der Waals surface area (Å²) < 4.78 is 19.1. The Hall–Kier alpha value is -1.95. The number of hydrogen-bond acceptors (Lipinski definition) is 5. The number of rotatable bonds is 4. The van der Waals surface area contributed by atoms with E-state index < -0.39 is 17.4 Å². The van der Waals surface area contributed by atoms with Gasteiger partial charge in [-0.25, -0.2) is 0 Å². The summed E-state index contributed by atoms with van der Waals surface area (Å²) in [5, 5.41) is 0.534. The summed E-state index contributed by atoms with van der Waals surface area (Å²) in [5.74, 6) is -0.904. The van der Waals surface area contributed by atoms with Crippen molar-refractivity contribution in [2.75, 3.05) is 0 Å². The second-order valence-electron chi connectivity index (χ2n) is 7.07. The molecule has 9 heteroatoms. The fourth-order valence-corrected chi connectivity index (χ4v) is 5.32. The van der Waals surface area contributed by atoms with E-state index in [0.717, 1.165) is 11.1 Å². The molecule has 2 amide bonds. The molecule has 1 fully saturated rings. The first-order chi connectivity index (χ1) is 14.0. The van der Waals surface area contributed by atoms with E-state index in [0.29, 0.717) is 35.0 Å². The first kappa shape index (κ1) is 19.0. The molecule has 0 N–H and O–H groups in total. The molecule has 0 spiro atoms. The molecule has 1 saturated carbocycles. The Morgan fingerprint density at radius 2 is 1.86 bits per heavy atom. The average Bonchev–Trinajstić information content (AvgIpc) is 3.48. The van der Waals surface area contributed by atoms with Gasteiger partial charge in [0.1, 0.15) is 0 Å². The van der Waals surface area contributed by atoms with Crippen LogP contribution in [0.1, 0.15) is 44.8 Å². The average molecular weight is 646 g/mol. The SMILES string of the molecule is O=C1c2nc3c(CBr)ccnc3c([O][Tl])c2C(=O)N1C1(c2ccc(F)cc2)CC1. The zero-order chi connectivity index (χ0) is 20.3. The van der Waals surface area contributed by atoms with Gasteiger partial charge >= 0.3 is 191 Å². The number of carbonyl (C=O) groups is 2. The Morgan fingerprint density at radius 1 is 1.14 bits per heavy atom. The van der Waals surface area contributed by atoms with Gasteiger partial charge in [-0.1, -0.05) is 0 Å². The summed E-state index contributed by atoms with van der Waals surface area (Å²) in [7, 11) is 0. The number of carbonyl (C=O) groups excluding carboxylic acids is 2. The van der Waals surface area contributed by atoms with Gasteiger partial charge in [0, 0.05) is 0 Å². The summed E-state index contributed by atoms with van der Waals surface area (Å²) in [6.45, 7) is 0. The van der Waals surface area contributed by atoms with Crippen LogP contribution in [0.5, 0.6) is 5.75 Å². The Labute approximate surface area is 189 Å². The molecule has 2 aromatic heterocycles. The van der Waals surface area contributed by atoms with Crippen LogP contribution in [-0.4, -0.2) is 52.9 Å². The van der Waals surface area contributed by atoms with Gasteiger partial charge < -0.3 is 0 Å². The Kier molecular flexibility index (Phi) is 4.46. The number of fused-ring (bicyclic) bond motifs is 2. The van der Waals surface area contributed by atoms with E-state index in [1.54, 1.807) is 18.3 Å². The van der Waals surface area contributed by atoms with Gasteiger partial charge in [-0.3, -0.25) is 0 Å². The fraction of sp³-hybridized carbons (Fsp3) is 0.200. The molecular weight excluding hydrogens is 634 g/mol. The minimum absolute atomic E-state index is 0.0988. The van der Waals surface area contributed by atoms with Gasteiger partial charge in [-0.05, 0) is 0 Å². The molecule has 0 bridgehead atoms. The maximum atomic E-state index is 13.4. The summed E-state index contributed by atoms with van der Waals surface area (Å²) >= 11 is 3.54. The molecule has 29 heavy (non-hydrogen) atoms. The number of hydrogen-bond donors (Lipinski definition) is 0. The molecule has 1 aliphatic carbocycles. The van der Waals surface area contributed by atoms with Crippen LogP contribution in [0.15, 0.2) is 36.5 Å². The molecule has 0 unspecified atom stereocenters. The number of pyridine rings is 2. The Bertz CT molecular complexity index is 1200. The number of amides is 2. The molecule has 0 radical (unpaired) electrons. The van der Waals surface area contributed by atoms with Crippen molar-refractivity contribution in [3.05, 3.63) is 64.7 Å². The number of aromatic nitrogens is 2. The first-order valence-electron chi connectivity index (χ1n) is 8.91. The second-order valence-corrected chi connectivity index (χ2v) is 8.54. The molecule has 5 rings (SSSR count). The van der Waals surface area contributed by atoms with Crippen LogP contribution >= 0.6 is 15.9 Å². The van der Waals surface area contributed by atoms with E-state index in [9.17, 15) is 14.0 Å². The van der Waals surface area contributed by atoms with Gasteiger partial charge in [0.25, 0.3) is 0 Å². The molecule has 0 atom stereocenters. The molecule has 3 aromatic rings. The van der Waals surface area contributed by atoms with Crippen molar-refractivity contribution in [1.29, 1.82) is 0 Å². The van der Waals surface area contributed by atoms with Gasteiger partial charge in [-0.2, -0.15) is 0 Å². The van der Waals surface area contributed by atoms with Crippen molar-refractivity contribution in [1.82, 2.24) is 14.9 Å². The van der Waals surface area contributed by atoms with Gasteiger partial charge in [0.05, 0.1) is 0 Å². The van der Waals surface area contributed by atoms with Crippen LogP contribution in [0.2, 0.25) is 0 Å².